The topological polar surface area (TPSA) is 64.1 Å². The molecule has 23 heavy (non-hydrogen) atoms. The van der Waals surface area contributed by atoms with Crippen molar-refractivity contribution in [2.24, 2.45) is 0 Å². The van der Waals surface area contributed by atoms with E-state index in [0.29, 0.717) is 11.6 Å². The minimum absolute atomic E-state index is 0.201. The number of nitrogens with one attached hydrogen (secondary N) is 1. The molecule has 3 rings (SSSR count). The number of carbonyl (C=O) groups is 1. The van der Waals surface area contributed by atoms with E-state index in [9.17, 15) is 4.79 Å². The maximum atomic E-state index is 12.5. The van der Waals surface area contributed by atoms with E-state index in [1.165, 1.54) is 11.9 Å². The van der Waals surface area contributed by atoms with Crippen LogP contribution in [0.3, 0.4) is 0 Å². The number of anilines is 1. The van der Waals surface area contributed by atoms with Crippen molar-refractivity contribution in [3.05, 3.63) is 53.1 Å². The van der Waals surface area contributed by atoms with Crippen LogP contribution in [0.4, 0.5) is 5.69 Å². The average molecular weight is 311 g/mol. The highest BCUT2D eigenvalue weighted by Crippen LogP contribution is 2.25. The Morgan fingerprint density at radius 3 is 2.70 bits per heavy atom. The summed E-state index contributed by atoms with van der Waals surface area (Å²) in [4.78, 5) is 20.9. The molecule has 0 radical (unpaired) electrons. The first-order chi connectivity index (χ1) is 11.1. The molecule has 0 atom stereocenters. The van der Waals surface area contributed by atoms with Gasteiger partial charge >= 0.3 is 0 Å². The number of carbonyl (C=O) groups excluding carboxylic acids is 1. The lowest BCUT2D eigenvalue weighted by Gasteiger charge is -2.21. The molecule has 0 unspecified atom stereocenters. The van der Waals surface area contributed by atoms with Crippen LogP contribution in [0.5, 0.6) is 0 Å². The van der Waals surface area contributed by atoms with E-state index in [1.807, 2.05) is 32.0 Å². The van der Waals surface area contributed by atoms with Crippen molar-refractivity contribution in [3.8, 4) is 0 Å². The Bertz CT molecular complexity index is 709. The van der Waals surface area contributed by atoms with Crippen molar-refractivity contribution in [2.45, 2.75) is 32.6 Å². The van der Waals surface area contributed by atoms with Gasteiger partial charge in [-0.3, -0.25) is 4.79 Å². The molecular formula is C18H21N3O2. The van der Waals surface area contributed by atoms with Crippen LogP contribution in [-0.4, -0.2) is 29.1 Å². The van der Waals surface area contributed by atoms with E-state index >= 15 is 0 Å². The molecule has 0 spiro atoms. The Morgan fingerprint density at radius 1 is 1.17 bits per heavy atom. The third-order valence-corrected chi connectivity index (χ3v) is 4.19. The summed E-state index contributed by atoms with van der Waals surface area (Å²) in [6.45, 7) is 5.51. The molecule has 0 saturated carbocycles. The van der Waals surface area contributed by atoms with Gasteiger partial charge in [0, 0.05) is 30.5 Å². The SMILES string of the molecule is Cc1ccc(NC(=O)c2cc(C3CCOCC3)ncn2)c(C)c1. The van der Waals surface area contributed by atoms with Crippen LogP contribution in [0, 0.1) is 13.8 Å². The fraction of sp³-hybridized carbons (Fsp3) is 0.389. The Morgan fingerprint density at radius 2 is 1.96 bits per heavy atom. The molecule has 1 fully saturated rings. The summed E-state index contributed by atoms with van der Waals surface area (Å²) in [5.74, 6) is 0.145. The largest absolute Gasteiger partial charge is 0.381 e. The van der Waals surface area contributed by atoms with E-state index in [-0.39, 0.29) is 5.91 Å². The van der Waals surface area contributed by atoms with E-state index in [4.69, 9.17) is 4.74 Å². The van der Waals surface area contributed by atoms with Gasteiger partial charge in [0.05, 0.1) is 0 Å². The first kappa shape index (κ1) is 15.6. The fourth-order valence-electron chi connectivity index (χ4n) is 2.85. The number of aryl methyl sites for hydroxylation is 2. The average Bonchev–Trinajstić information content (AvgIpc) is 2.58. The predicted octanol–water partition coefficient (Wildman–Crippen LogP) is 3.24. The quantitative estimate of drug-likeness (QED) is 0.945. The maximum absolute atomic E-state index is 12.5. The number of hydrogen-bond donors (Lipinski definition) is 1. The zero-order chi connectivity index (χ0) is 16.2. The summed E-state index contributed by atoms with van der Waals surface area (Å²) >= 11 is 0. The molecule has 1 aromatic heterocycles. The van der Waals surface area contributed by atoms with Crippen LogP contribution in [0.2, 0.25) is 0 Å². The third kappa shape index (κ3) is 3.74. The van der Waals surface area contributed by atoms with Crippen molar-refractivity contribution in [3.63, 3.8) is 0 Å². The van der Waals surface area contributed by atoms with Gasteiger partial charge < -0.3 is 10.1 Å². The molecule has 0 bridgehead atoms. The molecule has 1 N–H and O–H groups in total. The summed E-state index contributed by atoms with van der Waals surface area (Å²) in [6, 6.07) is 7.75. The van der Waals surface area contributed by atoms with Crippen LogP contribution in [0.25, 0.3) is 0 Å². The number of aromatic nitrogens is 2. The molecule has 5 nitrogen and oxygen atoms in total. The highest BCUT2D eigenvalue weighted by molar-refractivity contribution is 6.03. The van der Waals surface area contributed by atoms with Crippen molar-refractivity contribution in [2.75, 3.05) is 18.5 Å². The van der Waals surface area contributed by atoms with Gasteiger partial charge in [-0.25, -0.2) is 9.97 Å². The standard InChI is InChI=1S/C18H21N3O2/c1-12-3-4-15(13(2)9-12)21-18(22)17-10-16(19-11-20-17)14-5-7-23-8-6-14/h3-4,9-11,14H,5-8H2,1-2H3,(H,21,22). The van der Waals surface area contributed by atoms with Gasteiger partial charge in [-0.05, 0) is 44.4 Å². The van der Waals surface area contributed by atoms with Crippen LogP contribution in [0.15, 0.2) is 30.6 Å². The molecule has 0 aliphatic carbocycles. The summed E-state index contributed by atoms with van der Waals surface area (Å²) in [6.07, 6.45) is 3.35. The lowest BCUT2D eigenvalue weighted by Crippen LogP contribution is -2.18. The van der Waals surface area contributed by atoms with Crippen LogP contribution in [-0.2, 0) is 4.74 Å². The molecule has 1 saturated heterocycles. The van der Waals surface area contributed by atoms with Gasteiger partial charge in [0.25, 0.3) is 5.91 Å². The number of ether oxygens (including phenoxy) is 1. The zero-order valence-corrected chi connectivity index (χ0v) is 13.5. The van der Waals surface area contributed by atoms with Crippen LogP contribution < -0.4 is 5.32 Å². The molecule has 120 valence electrons. The number of rotatable bonds is 3. The second kappa shape index (κ2) is 6.87. The molecule has 1 aliphatic heterocycles. The maximum Gasteiger partial charge on any atom is 0.274 e. The lowest BCUT2D eigenvalue weighted by atomic mass is 9.96. The van der Waals surface area contributed by atoms with Crippen LogP contribution >= 0.6 is 0 Å². The monoisotopic (exact) mass is 311 g/mol. The van der Waals surface area contributed by atoms with Crippen molar-refractivity contribution >= 4 is 11.6 Å². The van der Waals surface area contributed by atoms with Gasteiger partial charge in [0.2, 0.25) is 0 Å². The normalized spacial score (nSPS) is 15.4. The Labute approximate surface area is 136 Å². The molecule has 2 heterocycles. The van der Waals surface area contributed by atoms with Crippen LogP contribution in [0.1, 0.15) is 46.1 Å². The summed E-state index contributed by atoms with van der Waals surface area (Å²) < 4.78 is 5.38. The molecule has 1 aromatic carbocycles. The first-order valence-electron chi connectivity index (χ1n) is 7.92. The minimum atomic E-state index is -0.201. The molecule has 5 heteroatoms. The van der Waals surface area contributed by atoms with E-state index in [0.717, 1.165) is 43.0 Å². The number of amides is 1. The first-order valence-corrected chi connectivity index (χ1v) is 7.92. The molecular weight excluding hydrogens is 290 g/mol. The minimum Gasteiger partial charge on any atom is -0.381 e. The second-order valence-electron chi connectivity index (χ2n) is 5.99. The number of benzene rings is 1. The van der Waals surface area contributed by atoms with Gasteiger partial charge in [-0.1, -0.05) is 17.7 Å². The third-order valence-electron chi connectivity index (χ3n) is 4.19. The van der Waals surface area contributed by atoms with Crippen molar-refractivity contribution in [1.29, 1.82) is 0 Å². The highest BCUT2D eigenvalue weighted by Gasteiger charge is 2.19. The van der Waals surface area contributed by atoms with Gasteiger partial charge in [-0.15, -0.1) is 0 Å². The number of nitrogens with zero attached hydrogens (tertiary/aromatic N) is 2. The lowest BCUT2D eigenvalue weighted by molar-refractivity contribution is 0.0844. The Balaban J connectivity index is 1.76. The highest BCUT2D eigenvalue weighted by atomic mass is 16.5. The summed E-state index contributed by atoms with van der Waals surface area (Å²) in [5, 5.41) is 2.93. The fourth-order valence-corrected chi connectivity index (χ4v) is 2.85. The molecule has 1 aliphatic rings. The smallest absolute Gasteiger partial charge is 0.274 e. The van der Waals surface area contributed by atoms with Crippen molar-refractivity contribution < 1.29 is 9.53 Å². The van der Waals surface area contributed by atoms with Gasteiger partial charge in [0.1, 0.15) is 12.0 Å². The van der Waals surface area contributed by atoms with E-state index < -0.39 is 0 Å². The van der Waals surface area contributed by atoms with Gasteiger partial charge in [0.15, 0.2) is 0 Å². The van der Waals surface area contributed by atoms with Crippen molar-refractivity contribution in [1.82, 2.24) is 9.97 Å². The zero-order valence-electron chi connectivity index (χ0n) is 13.5. The molecule has 1 amide bonds. The Kier molecular flexibility index (Phi) is 4.67. The molecule has 2 aromatic rings. The summed E-state index contributed by atoms with van der Waals surface area (Å²) in [7, 11) is 0. The van der Waals surface area contributed by atoms with E-state index in [2.05, 4.69) is 15.3 Å². The van der Waals surface area contributed by atoms with E-state index in [1.54, 1.807) is 6.07 Å². The summed E-state index contributed by atoms with van der Waals surface area (Å²) in [5.41, 5.74) is 4.35. The Hall–Kier alpha value is -2.27. The van der Waals surface area contributed by atoms with Gasteiger partial charge in [-0.2, -0.15) is 0 Å². The second-order valence-corrected chi connectivity index (χ2v) is 5.99. The predicted molar refractivity (Wildman–Crippen MR) is 88.7 cm³/mol. The number of hydrogen-bond acceptors (Lipinski definition) is 4.